The Morgan fingerprint density at radius 3 is 1.59 bits per heavy atom. The zero-order valence-corrected chi connectivity index (χ0v) is 34.8. The summed E-state index contributed by atoms with van der Waals surface area (Å²) in [6.45, 7) is 15.9. The van der Waals surface area contributed by atoms with E-state index in [2.05, 4.69) is 176 Å². The Balaban J connectivity index is 1.18. The van der Waals surface area contributed by atoms with Gasteiger partial charge in [-0.15, -0.1) is 0 Å². The van der Waals surface area contributed by atoms with E-state index in [1.165, 1.54) is 104 Å². The number of nitrogen functional groups attached to an aromatic ring is 1. The SMILES string of the molecule is C/C=C\c1c(-c2ccc3ccc4cc(C(C)(C)C)cc5ccc2c3c45)cc2c(c1N)C=C(c1ccc3ccc4cc(C(C)(C)C)cc5ccc1c3c45)C(C/C=C\N)C2. The molecule has 1 aliphatic rings. The molecule has 1 unspecified atom stereocenters. The first-order valence-corrected chi connectivity index (χ1v) is 20.9. The molecule has 9 aromatic carbocycles. The van der Waals surface area contributed by atoms with Crippen molar-refractivity contribution in [3.8, 4) is 11.1 Å². The number of benzene rings is 9. The van der Waals surface area contributed by atoms with E-state index >= 15 is 0 Å². The Morgan fingerprint density at radius 1 is 0.586 bits per heavy atom. The zero-order valence-electron chi connectivity index (χ0n) is 34.8. The largest absolute Gasteiger partial charge is 0.405 e. The number of nitrogens with two attached hydrogens (primary N) is 2. The van der Waals surface area contributed by atoms with Gasteiger partial charge in [0.15, 0.2) is 0 Å². The Hall–Kier alpha value is -6.12. The van der Waals surface area contributed by atoms with Crippen LogP contribution in [-0.4, -0.2) is 0 Å². The summed E-state index contributed by atoms with van der Waals surface area (Å²) in [5, 5.41) is 15.7. The van der Waals surface area contributed by atoms with Gasteiger partial charge in [0.25, 0.3) is 0 Å². The Kier molecular flexibility index (Phi) is 8.09. The fraction of sp³-hybridized carbons (Fsp3) is 0.214. The third-order valence-electron chi connectivity index (χ3n) is 13.2. The molecule has 0 spiro atoms. The van der Waals surface area contributed by atoms with Crippen LogP contribution in [0.2, 0.25) is 0 Å². The highest BCUT2D eigenvalue weighted by molar-refractivity contribution is 6.27. The summed E-state index contributed by atoms with van der Waals surface area (Å²) in [6, 6.07) is 39.8. The standard InChI is InChI=1S/C56H52N2/c1-8-10-46-49(43-21-17-33-13-15-36-27-41(56(5,6)7)29-38-19-23-45(43)53(33)51(36)38)30-39-25-34(11-9-24-57)47(31-48(39)54(46)58)42-20-16-32-12-14-35-26-40(55(2,3)4)28-37-18-22-44(42)52(32)50(35)37/h8-10,12-24,26-31,34H,11,25,57-58H2,1-7H3/b10-8-,24-9-. The number of anilines is 1. The molecule has 1 aliphatic carbocycles. The van der Waals surface area contributed by atoms with Gasteiger partial charge in [0, 0.05) is 16.8 Å². The summed E-state index contributed by atoms with van der Waals surface area (Å²) in [4.78, 5) is 0. The number of allylic oxidation sites excluding steroid dienone is 3. The molecule has 1 atom stereocenters. The van der Waals surface area contributed by atoms with Gasteiger partial charge in [0.05, 0.1) is 0 Å². The molecule has 4 N–H and O–H groups in total. The molecule has 0 saturated carbocycles. The van der Waals surface area contributed by atoms with E-state index in [9.17, 15) is 0 Å². The lowest BCUT2D eigenvalue weighted by molar-refractivity contribution is 0.591. The molecule has 2 heteroatoms. The second-order valence-electron chi connectivity index (χ2n) is 18.9. The van der Waals surface area contributed by atoms with Crippen LogP contribution in [0.3, 0.4) is 0 Å². The average Bonchev–Trinajstić information content (AvgIpc) is 3.20. The van der Waals surface area contributed by atoms with Gasteiger partial charge in [0.2, 0.25) is 0 Å². The van der Waals surface area contributed by atoms with Gasteiger partial charge in [-0.3, -0.25) is 0 Å². The fourth-order valence-electron chi connectivity index (χ4n) is 10.1. The van der Waals surface area contributed by atoms with E-state index in [1.54, 1.807) is 6.20 Å². The number of hydrogen-bond donors (Lipinski definition) is 2. The van der Waals surface area contributed by atoms with E-state index in [1.807, 2.05) is 0 Å². The number of rotatable bonds is 5. The van der Waals surface area contributed by atoms with Gasteiger partial charge in [0.1, 0.15) is 0 Å². The third-order valence-corrected chi connectivity index (χ3v) is 13.2. The number of hydrogen-bond acceptors (Lipinski definition) is 2. The first-order chi connectivity index (χ1) is 27.8. The second kappa shape index (κ2) is 12.9. The fourth-order valence-corrected chi connectivity index (χ4v) is 10.1. The maximum absolute atomic E-state index is 7.41. The van der Waals surface area contributed by atoms with E-state index < -0.39 is 0 Å². The highest BCUT2D eigenvalue weighted by Crippen LogP contribution is 2.49. The molecule has 0 fully saturated rings. The van der Waals surface area contributed by atoms with Crippen LogP contribution in [0, 0.1) is 5.92 Å². The van der Waals surface area contributed by atoms with Crippen molar-refractivity contribution >= 4 is 88.0 Å². The summed E-state index contributed by atoms with van der Waals surface area (Å²) in [6.07, 6.45) is 12.3. The molecule has 286 valence electrons. The van der Waals surface area contributed by atoms with Gasteiger partial charge in [-0.05, 0) is 158 Å². The molecular weight excluding hydrogens is 701 g/mol. The van der Waals surface area contributed by atoms with E-state index in [4.69, 9.17) is 11.5 Å². The maximum Gasteiger partial charge on any atom is 0.0470 e. The molecule has 10 rings (SSSR count). The monoisotopic (exact) mass is 752 g/mol. The minimum absolute atomic E-state index is 0.0697. The van der Waals surface area contributed by atoms with Gasteiger partial charge in [-0.25, -0.2) is 0 Å². The molecule has 0 radical (unpaired) electrons. The number of fused-ring (bicyclic) bond motifs is 1. The molecule has 0 aliphatic heterocycles. The van der Waals surface area contributed by atoms with Crippen molar-refractivity contribution in [2.75, 3.05) is 5.73 Å². The van der Waals surface area contributed by atoms with Crippen LogP contribution in [0.4, 0.5) is 5.69 Å². The van der Waals surface area contributed by atoms with Gasteiger partial charge >= 0.3 is 0 Å². The average molecular weight is 753 g/mol. The maximum atomic E-state index is 7.41. The Morgan fingerprint density at radius 2 is 1.07 bits per heavy atom. The summed E-state index contributed by atoms with van der Waals surface area (Å²) in [7, 11) is 0. The summed E-state index contributed by atoms with van der Waals surface area (Å²) < 4.78 is 0. The van der Waals surface area contributed by atoms with Crippen LogP contribution in [0.25, 0.3) is 93.5 Å². The highest BCUT2D eigenvalue weighted by atomic mass is 14.6. The first-order valence-electron chi connectivity index (χ1n) is 20.9. The van der Waals surface area contributed by atoms with Crippen LogP contribution in [-0.2, 0) is 17.3 Å². The van der Waals surface area contributed by atoms with Crippen molar-refractivity contribution in [3.05, 3.63) is 155 Å². The Labute approximate surface area is 342 Å². The van der Waals surface area contributed by atoms with Crippen LogP contribution < -0.4 is 11.5 Å². The van der Waals surface area contributed by atoms with Crippen LogP contribution in [0.1, 0.15) is 88.3 Å². The van der Waals surface area contributed by atoms with Crippen molar-refractivity contribution in [1.82, 2.24) is 0 Å². The minimum atomic E-state index is 0.0697. The van der Waals surface area contributed by atoms with Crippen LogP contribution in [0.15, 0.2) is 121 Å². The molecule has 0 aromatic heterocycles. The van der Waals surface area contributed by atoms with Crippen molar-refractivity contribution in [2.24, 2.45) is 11.7 Å². The molecule has 0 bridgehead atoms. The summed E-state index contributed by atoms with van der Waals surface area (Å²) in [5.74, 6) is 0.233. The van der Waals surface area contributed by atoms with Crippen molar-refractivity contribution in [2.45, 2.75) is 72.1 Å². The molecule has 2 nitrogen and oxygen atoms in total. The van der Waals surface area contributed by atoms with Gasteiger partial charge < -0.3 is 11.5 Å². The molecule has 0 amide bonds. The quantitative estimate of drug-likeness (QED) is 0.136. The summed E-state index contributed by atoms with van der Waals surface area (Å²) >= 11 is 0. The van der Waals surface area contributed by atoms with E-state index in [0.29, 0.717) is 0 Å². The second-order valence-corrected chi connectivity index (χ2v) is 18.9. The molecule has 58 heavy (non-hydrogen) atoms. The lowest BCUT2D eigenvalue weighted by atomic mass is 9.75. The molecule has 0 heterocycles. The van der Waals surface area contributed by atoms with Crippen molar-refractivity contribution in [1.29, 1.82) is 0 Å². The molecular formula is C56H52N2. The third kappa shape index (κ3) is 5.52. The van der Waals surface area contributed by atoms with Crippen LogP contribution in [0.5, 0.6) is 0 Å². The van der Waals surface area contributed by atoms with Gasteiger partial charge in [-0.2, -0.15) is 0 Å². The van der Waals surface area contributed by atoms with Crippen molar-refractivity contribution < 1.29 is 0 Å². The predicted molar refractivity (Wildman–Crippen MR) is 255 cm³/mol. The predicted octanol–water partition coefficient (Wildman–Crippen LogP) is 14.9. The van der Waals surface area contributed by atoms with E-state index in [0.717, 1.165) is 29.7 Å². The summed E-state index contributed by atoms with van der Waals surface area (Å²) in [5.41, 5.74) is 25.7. The lowest BCUT2D eigenvalue weighted by Crippen LogP contribution is -2.15. The lowest BCUT2D eigenvalue weighted by Gasteiger charge is -2.30. The van der Waals surface area contributed by atoms with Crippen molar-refractivity contribution in [3.63, 3.8) is 0 Å². The Bertz CT molecular complexity index is 3170. The minimum Gasteiger partial charge on any atom is -0.405 e. The highest BCUT2D eigenvalue weighted by Gasteiger charge is 2.28. The molecule has 9 aromatic rings. The first kappa shape index (κ1) is 36.2. The topological polar surface area (TPSA) is 52.0 Å². The van der Waals surface area contributed by atoms with Gasteiger partial charge in [-0.1, -0.05) is 157 Å². The van der Waals surface area contributed by atoms with E-state index in [-0.39, 0.29) is 16.7 Å². The molecule has 0 saturated heterocycles. The normalized spacial score (nSPS) is 15.4. The van der Waals surface area contributed by atoms with Crippen LogP contribution >= 0.6 is 0 Å². The zero-order chi connectivity index (χ0) is 40.2. The smallest absolute Gasteiger partial charge is 0.0470 e.